The zero-order valence-corrected chi connectivity index (χ0v) is 20.2. The van der Waals surface area contributed by atoms with Crippen molar-refractivity contribution in [3.63, 3.8) is 0 Å². The summed E-state index contributed by atoms with van der Waals surface area (Å²) in [6.07, 6.45) is 1.15. The molecule has 32 heavy (non-hydrogen) atoms. The van der Waals surface area contributed by atoms with Gasteiger partial charge in [-0.2, -0.15) is 8.61 Å². The van der Waals surface area contributed by atoms with Crippen molar-refractivity contribution in [1.82, 2.24) is 8.61 Å². The fourth-order valence-corrected chi connectivity index (χ4v) is 6.19. The lowest BCUT2D eigenvalue weighted by atomic mass is 10.2. The van der Waals surface area contributed by atoms with Crippen LogP contribution in [0.25, 0.3) is 0 Å². The molecule has 176 valence electrons. The van der Waals surface area contributed by atoms with Crippen LogP contribution in [-0.4, -0.2) is 64.4 Å². The van der Waals surface area contributed by atoms with Crippen LogP contribution < -0.4 is 4.90 Å². The van der Waals surface area contributed by atoms with Crippen LogP contribution in [-0.2, 0) is 26.6 Å². The number of halogens is 1. The Bertz CT molecular complexity index is 1130. The third-order valence-corrected chi connectivity index (χ3v) is 8.49. The van der Waals surface area contributed by atoms with Crippen molar-refractivity contribution in [2.45, 2.75) is 25.3 Å². The highest BCUT2D eigenvalue weighted by Gasteiger charge is 2.28. The zero-order chi connectivity index (χ0) is 23.5. The molecule has 0 N–H and O–H groups in total. The van der Waals surface area contributed by atoms with Crippen LogP contribution in [0.3, 0.4) is 0 Å². The molecule has 0 bridgehead atoms. The molecule has 3 rings (SSSR count). The first-order valence-corrected chi connectivity index (χ1v) is 13.8. The highest BCUT2D eigenvalue weighted by Crippen LogP contribution is 2.27. The van der Waals surface area contributed by atoms with Crippen molar-refractivity contribution < 1.29 is 21.2 Å². The molecule has 2 aromatic rings. The van der Waals surface area contributed by atoms with E-state index in [-0.39, 0.29) is 36.1 Å². The normalized spacial score (nSPS) is 16.1. The fourth-order valence-electron chi connectivity index (χ4n) is 3.76. The van der Waals surface area contributed by atoms with Crippen molar-refractivity contribution in [3.05, 3.63) is 59.9 Å². The average Bonchev–Trinajstić information content (AvgIpc) is 2.73. The number of hydrogen-bond acceptors (Lipinski definition) is 5. The van der Waals surface area contributed by atoms with Gasteiger partial charge in [0.1, 0.15) is 5.82 Å². The summed E-state index contributed by atoms with van der Waals surface area (Å²) in [7, 11) is -7.19. The van der Waals surface area contributed by atoms with E-state index in [1.165, 1.54) is 20.7 Å². The second-order valence-electron chi connectivity index (χ2n) is 8.44. The maximum atomic E-state index is 15.0. The molecule has 0 aromatic heterocycles. The van der Waals surface area contributed by atoms with Gasteiger partial charge in [0.15, 0.2) is 0 Å². The maximum absolute atomic E-state index is 15.0. The lowest BCUT2D eigenvalue weighted by molar-refractivity contribution is 0.362. The summed E-state index contributed by atoms with van der Waals surface area (Å²) < 4.78 is 67.8. The van der Waals surface area contributed by atoms with E-state index in [0.29, 0.717) is 19.6 Å². The first kappa shape index (κ1) is 24.6. The van der Waals surface area contributed by atoms with Crippen molar-refractivity contribution in [2.75, 3.05) is 43.9 Å². The van der Waals surface area contributed by atoms with Gasteiger partial charge in [0.25, 0.3) is 0 Å². The van der Waals surface area contributed by atoms with E-state index in [0.717, 1.165) is 17.9 Å². The molecule has 10 heteroatoms. The molecule has 0 unspecified atom stereocenters. The van der Waals surface area contributed by atoms with E-state index in [9.17, 15) is 21.2 Å². The van der Waals surface area contributed by atoms with Crippen LogP contribution in [0.2, 0.25) is 0 Å². The van der Waals surface area contributed by atoms with Crippen molar-refractivity contribution in [3.8, 4) is 0 Å². The van der Waals surface area contributed by atoms with Gasteiger partial charge in [-0.25, -0.2) is 21.2 Å². The smallest absolute Gasteiger partial charge is 0.243 e. The molecule has 0 radical (unpaired) electrons. The lowest BCUT2D eigenvalue weighted by Gasteiger charge is -2.35. The van der Waals surface area contributed by atoms with E-state index in [2.05, 4.69) is 0 Å². The SMILES string of the molecule is CC(C)CN(Cc1ccccc1)S(=O)(=O)c1ccc(N2CCN(S(C)(=O)=O)CC2)c(F)c1. The largest absolute Gasteiger partial charge is 0.367 e. The van der Waals surface area contributed by atoms with Gasteiger partial charge in [0.05, 0.1) is 16.8 Å². The summed E-state index contributed by atoms with van der Waals surface area (Å²) in [6, 6.07) is 13.3. The van der Waals surface area contributed by atoms with Crippen LogP contribution in [0, 0.1) is 11.7 Å². The number of anilines is 1. The highest BCUT2D eigenvalue weighted by molar-refractivity contribution is 7.89. The Morgan fingerprint density at radius 3 is 2.12 bits per heavy atom. The third-order valence-electron chi connectivity index (χ3n) is 5.38. The van der Waals surface area contributed by atoms with Crippen LogP contribution in [0.1, 0.15) is 19.4 Å². The summed E-state index contributed by atoms with van der Waals surface area (Å²) in [5.41, 5.74) is 1.13. The van der Waals surface area contributed by atoms with Crippen LogP contribution in [0.4, 0.5) is 10.1 Å². The fraction of sp³-hybridized carbons (Fsp3) is 0.455. The quantitative estimate of drug-likeness (QED) is 0.577. The Morgan fingerprint density at radius 1 is 0.969 bits per heavy atom. The monoisotopic (exact) mass is 483 g/mol. The Kier molecular flexibility index (Phi) is 7.59. The first-order valence-electron chi connectivity index (χ1n) is 10.5. The van der Waals surface area contributed by atoms with Gasteiger partial charge in [-0.15, -0.1) is 0 Å². The topological polar surface area (TPSA) is 78.0 Å². The summed E-state index contributed by atoms with van der Waals surface area (Å²) in [5, 5.41) is 0. The number of nitrogens with zero attached hydrogens (tertiary/aromatic N) is 3. The van der Waals surface area contributed by atoms with Gasteiger partial charge in [0, 0.05) is 39.3 Å². The van der Waals surface area contributed by atoms with Gasteiger partial charge in [-0.05, 0) is 29.7 Å². The van der Waals surface area contributed by atoms with Gasteiger partial charge in [0.2, 0.25) is 20.0 Å². The molecular formula is C22H30FN3O4S2. The predicted octanol–water partition coefficient (Wildman–Crippen LogP) is 2.75. The minimum Gasteiger partial charge on any atom is -0.367 e. The van der Waals surface area contributed by atoms with Crippen molar-refractivity contribution in [1.29, 1.82) is 0 Å². The van der Waals surface area contributed by atoms with E-state index in [4.69, 9.17) is 0 Å². The average molecular weight is 484 g/mol. The number of sulfonamides is 2. The molecule has 1 fully saturated rings. The summed E-state index contributed by atoms with van der Waals surface area (Å²) in [6.45, 7) is 5.59. The number of hydrogen-bond donors (Lipinski definition) is 0. The van der Waals surface area contributed by atoms with E-state index < -0.39 is 25.9 Å². The molecular weight excluding hydrogens is 453 g/mol. The Labute approximate surface area is 190 Å². The zero-order valence-electron chi connectivity index (χ0n) is 18.6. The standard InChI is InChI=1S/C22H30FN3O4S2/c1-18(2)16-26(17-19-7-5-4-6-8-19)32(29,30)20-9-10-22(21(23)15-20)24-11-13-25(14-12-24)31(3,27)28/h4-10,15,18H,11-14,16-17H2,1-3H3. The molecule has 0 aliphatic carbocycles. The molecule has 0 atom stereocenters. The molecule has 1 aliphatic rings. The first-order chi connectivity index (χ1) is 15.0. The van der Waals surface area contributed by atoms with Gasteiger partial charge < -0.3 is 4.90 Å². The molecule has 0 saturated carbocycles. The van der Waals surface area contributed by atoms with E-state index >= 15 is 0 Å². The molecule has 1 aliphatic heterocycles. The third kappa shape index (κ3) is 5.86. The Balaban J connectivity index is 1.82. The number of piperazine rings is 1. The van der Waals surface area contributed by atoms with Crippen LogP contribution >= 0.6 is 0 Å². The minimum atomic E-state index is -3.91. The van der Waals surface area contributed by atoms with Crippen LogP contribution in [0.5, 0.6) is 0 Å². The molecule has 2 aromatic carbocycles. The van der Waals surface area contributed by atoms with Gasteiger partial charge in [-0.1, -0.05) is 44.2 Å². The molecule has 7 nitrogen and oxygen atoms in total. The Hall–Kier alpha value is -2.01. The summed E-state index contributed by atoms with van der Waals surface area (Å²) in [5.74, 6) is -0.535. The highest BCUT2D eigenvalue weighted by atomic mass is 32.2. The lowest BCUT2D eigenvalue weighted by Crippen LogP contribution is -2.48. The van der Waals surface area contributed by atoms with E-state index in [1.54, 1.807) is 4.90 Å². The second-order valence-corrected chi connectivity index (χ2v) is 12.4. The summed E-state index contributed by atoms with van der Waals surface area (Å²) in [4.78, 5) is 1.65. The van der Waals surface area contributed by atoms with E-state index in [1.807, 2.05) is 44.2 Å². The second kappa shape index (κ2) is 9.86. The summed E-state index contributed by atoms with van der Waals surface area (Å²) >= 11 is 0. The predicted molar refractivity (Wildman–Crippen MR) is 124 cm³/mol. The van der Waals surface area contributed by atoms with Crippen molar-refractivity contribution >= 4 is 25.7 Å². The molecule has 1 heterocycles. The van der Waals surface area contributed by atoms with Crippen molar-refractivity contribution in [2.24, 2.45) is 5.92 Å². The number of benzene rings is 2. The van der Waals surface area contributed by atoms with Gasteiger partial charge in [-0.3, -0.25) is 0 Å². The maximum Gasteiger partial charge on any atom is 0.243 e. The molecule has 0 amide bonds. The molecule has 0 spiro atoms. The molecule has 1 saturated heterocycles. The minimum absolute atomic E-state index is 0.0925. The number of rotatable bonds is 8. The van der Waals surface area contributed by atoms with Crippen LogP contribution in [0.15, 0.2) is 53.4 Å². The Morgan fingerprint density at radius 2 is 1.59 bits per heavy atom. The van der Waals surface area contributed by atoms with Gasteiger partial charge >= 0.3 is 0 Å².